The summed E-state index contributed by atoms with van der Waals surface area (Å²) in [5, 5.41) is 0. The van der Waals surface area contributed by atoms with Crippen LogP contribution in [0.5, 0.6) is 0 Å². The van der Waals surface area contributed by atoms with Gasteiger partial charge in [0.1, 0.15) is 5.78 Å². The van der Waals surface area contributed by atoms with Crippen LogP contribution in [0, 0.1) is 0 Å². The van der Waals surface area contributed by atoms with Gasteiger partial charge in [-0.05, 0) is 32.6 Å². The first-order valence-electron chi connectivity index (χ1n) is 4.87. The highest BCUT2D eigenvalue weighted by molar-refractivity contribution is 7.12. The van der Waals surface area contributed by atoms with Crippen molar-refractivity contribution in [3.05, 3.63) is 21.9 Å². The SMILES string of the molecule is CCN(C)Cc1ccc(CC(C)=O)s1. The van der Waals surface area contributed by atoms with Crippen molar-refractivity contribution in [2.24, 2.45) is 0 Å². The van der Waals surface area contributed by atoms with Crippen molar-refractivity contribution in [2.75, 3.05) is 13.6 Å². The van der Waals surface area contributed by atoms with Gasteiger partial charge in [0, 0.05) is 22.7 Å². The number of ketones is 1. The fraction of sp³-hybridized carbons (Fsp3) is 0.545. The Kier molecular flexibility index (Phi) is 4.29. The average molecular weight is 211 g/mol. The predicted molar refractivity (Wildman–Crippen MR) is 60.7 cm³/mol. The third kappa shape index (κ3) is 3.60. The van der Waals surface area contributed by atoms with Crippen molar-refractivity contribution >= 4 is 17.1 Å². The van der Waals surface area contributed by atoms with E-state index in [1.165, 1.54) is 9.75 Å². The molecule has 14 heavy (non-hydrogen) atoms. The molecule has 1 aromatic heterocycles. The van der Waals surface area contributed by atoms with Crippen molar-refractivity contribution in [3.63, 3.8) is 0 Å². The summed E-state index contributed by atoms with van der Waals surface area (Å²) in [6.45, 7) is 5.82. The minimum atomic E-state index is 0.238. The summed E-state index contributed by atoms with van der Waals surface area (Å²) in [4.78, 5) is 15.7. The lowest BCUT2D eigenvalue weighted by molar-refractivity contribution is -0.116. The number of hydrogen-bond acceptors (Lipinski definition) is 3. The van der Waals surface area contributed by atoms with Crippen LogP contribution in [0.3, 0.4) is 0 Å². The molecule has 0 aromatic carbocycles. The Bertz CT molecular complexity index is 306. The Morgan fingerprint density at radius 1 is 1.43 bits per heavy atom. The summed E-state index contributed by atoms with van der Waals surface area (Å²) in [7, 11) is 2.10. The molecule has 0 aliphatic carbocycles. The second kappa shape index (κ2) is 5.27. The number of hydrogen-bond donors (Lipinski definition) is 0. The van der Waals surface area contributed by atoms with Crippen molar-refractivity contribution in [3.8, 4) is 0 Å². The van der Waals surface area contributed by atoms with Crippen molar-refractivity contribution < 1.29 is 4.79 Å². The summed E-state index contributed by atoms with van der Waals surface area (Å²) in [6, 6.07) is 4.18. The van der Waals surface area contributed by atoms with Crippen LogP contribution in [-0.2, 0) is 17.8 Å². The van der Waals surface area contributed by atoms with Gasteiger partial charge in [-0.3, -0.25) is 4.79 Å². The lowest BCUT2D eigenvalue weighted by atomic mass is 10.3. The van der Waals surface area contributed by atoms with E-state index < -0.39 is 0 Å². The summed E-state index contributed by atoms with van der Waals surface area (Å²) in [6.07, 6.45) is 0.584. The molecule has 0 aliphatic rings. The van der Waals surface area contributed by atoms with Crippen LogP contribution in [0.15, 0.2) is 12.1 Å². The molecule has 1 rings (SSSR count). The number of Topliss-reactive ketones (excluding diaryl/α,β-unsaturated/α-hetero) is 1. The van der Waals surface area contributed by atoms with Crippen LogP contribution in [0.2, 0.25) is 0 Å². The van der Waals surface area contributed by atoms with E-state index in [0.717, 1.165) is 13.1 Å². The molecule has 2 nitrogen and oxygen atoms in total. The molecule has 0 saturated heterocycles. The molecule has 0 unspecified atom stereocenters. The van der Waals surface area contributed by atoms with E-state index >= 15 is 0 Å². The molecule has 78 valence electrons. The van der Waals surface area contributed by atoms with E-state index in [0.29, 0.717) is 6.42 Å². The number of thiophene rings is 1. The van der Waals surface area contributed by atoms with Gasteiger partial charge in [0.2, 0.25) is 0 Å². The van der Waals surface area contributed by atoms with Gasteiger partial charge in [0.05, 0.1) is 0 Å². The van der Waals surface area contributed by atoms with Gasteiger partial charge in [-0.25, -0.2) is 0 Å². The number of carbonyl (C=O) groups is 1. The lowest BCUT2D eigenvalue weighted by Crippen LogP contribution is -2.15. The summed E-state index contributed by atoms with van der Waals surface area (Å²) >= 11 is 1.74. The minimum absolute atomic E-state index is 0.238. The molecular formula is C11H17NOS. The smallest absolute Gasteiger partial charge is 0.135 e. The van der Waals surface area contributed by atoms with Crippen LogP contribution in [0.4, 0.5) is 0 Å². The highest BCUT2D eigenvalue weighted by atomic mass is 32.1. The molecule has 0 atom stereocenters. The van der Waals surface area contributed by atoms with E-state index in [1.807, 2.05) is 0 Å². The normalized spacial score (nSPS) is 10.9. The van der Waals surface area contributed by atoms with Gasteiger partial charge < -0.3 is 4.90 Å². The quantitative estimate of drug-likeness (QED) is 0.745. The van der Waals surface area contributed by atoms with Gasteiger partial charge in [-0.15, -0.1) is 11.3 Å². The predicted octanol–water partition coefficient (Wildman–Crippen LogP) is 2.33. The van der Waals surface area contributed by atoms with Gasteiger partial charge in [0.25, 0.3) is 0 Å². The summed E-state index contributed by atoms with van der Waals surface area (Å²) in [5.41, 5.74) is 0. The van der Waals surface area contributed by atoms with E-state index in [2.05, 4.69) is 31.0 Å². The van der Waals surface area contributed by atoms with Crippen LogP contribution < -0.4 is 0 Å². The van der Waals surface area contributed by atoms with Crippen LogP contribution in [0.25, 0.3) is 0 Å². The first-order valence-corrected chi connectivity index (χ1v) is 5.69. The molecule has 3 heteroatoms. The zero-order valence-electron chi connectivity index (χ0n) is 9.04. The minimum Gasteiger partial charge on any atom is -0.302 e. The van der Waals surface area contributed by atoms with Crippen molar-refractivity contribution in [1.82, 2.24) is 4.90 Å². The molecule has 0 bridgehead atoms. The van der Waals surface area contributed by atoms with E-state index in [-0.39, 0.29) is 5.78 Å². The maximum absolute atomic E-state index is 10.9. The molecule has 0 radical (unpaired) electrons. The van der Waals surface area contributed by atoms with Gasteiger partial charge in [-0.1, -0.05) is 6.92 Å². The molecule has 0 fully saturated rings. The van der Waals surface area contributed by atoms with Gasteiger partial charge in [-0.2, -0.15) is 0 Å². The second-order valence-electron chi connectivity index (χ2n) is 3.58. The van der Waals surface area contributed by atoms with E-state index in [4.69, 9.17) is 0 Å². The Balaban J connectivity index is 2.54. The van der Waals surface area contributed by atoms with Crippen molar-refractivity contribution in [1.29, 1.82) is 0 Å². The molecule has 0 amide bonds. The maximum Gasteiger partial charge on any atom is 0.135 e. The maximum atomic E-state index is 10.9. The standard InChI is InChI=1S/C11H17NOS/c1-4-12(3)8-11-6-5-10(14-11)7-9(2)13/h5-6H,4,7-8H2,1-3H3. The molecular weight excluding hydrogens is 194 g/mol. The fourth-order valence-corrected chi connectivity index (χ4v) is 2.39. The Labute approximate surface area is 89.5 Å². The Morgan fingerprint density at radius 3 is 2.64 bits per heavy atom. The molecule has 1 aromatic rings. The van der Waals surface area contributed by atoms with Gasteiger partial charge in [0.15, 0.2) is 0 Å². The molecule has 0 spiro atoms. The molecule has 0 aliphatic heterocycles. The molecule has 0 saturated carbocycles. The fourth-order valence-electron chi connectivity index (χ4n) is 1.23. The Hall–Kier alpha value is -0.670. The van der Waals surface area contributed by atoms with Crippen LogP contribution >= 0.6 is 11.3 Å². The molecule has 0 N–H and O–H groups in total. The van der Waals surface area contributed by atoms with Crippen LogP contribution in [0.1, 0.15) is 23.6 Å². The third-order valence-corrected chi connectivity index (χ3v) is 3.18. The number of rotatable bonds is 5. The topological polar surface area (TPSA) is 20.3 Å². The monoisotopic (exact) mass is 211 g/mol. The summed E-state index contributed by atoms with van der Waals surface area (Å²) < 4.78 is 0. The highest BCUT2D eigenvalue weighted by Gasteiger charge is 2.04. The number of carbonyl (C=O) groups excluding carboxylic acids is 1. The second-order valence-corrected chi connectivity index (χ2v) is 4.83. The lowest BCUT2D eigenvalue weighted by Gasteiger charge is -2.11. The highest BCUT2D eigenvalue weighted by Crippen LogP contribution is 2.18. The number of nitrogens with zero attached hydrogens (tertiary/aromatic N) is 1. The zero-order chi connectivity index (χ0) is 10.6. The first-order chi connectivity index (χ1) is 6.61. The zero-order valence-corrected chi connectivity index (χ0v) is 9.86. The largest absolute Gasteiger partial charge is 0.302 e. The average Bonchev–Trinajstić information content (AvgIpc) is 2.51. The van der Waals surface area contributed by atoms with Gasteiger partial charge >= 0.3 is 0 Å². The van der Waals surface area contributed by atoms with E-state index in [1.54, 1.807) is 18.3 Å². The van der Waals surface area contributed by atoms with Crippen molar-refractivity contribution in [2.45, 2.75) is 26.8 Å². The first kappa shape index (κ1) is 11.4. The summed E-state index contributed by atoms with van der Waals surface area (Å²) in [5.74, 6) is 0.238. The third-order valence-electron chi connectivity index (χ3n) is 2.11. The van der Waals surface area contributed by atoms with E-state index in [9.17, 15) is 4.79 Å². The van der Waals surface area contributed by atoms with Crippen LogP contribution in [-0.4, -0.2) is 24.3 Å². The molecule has 1 heterocycles. The Morgan fingerprint density at radius 2 is 2.07 bits per heavy atom.